The zero-order chi connectivity index (χ0) is 10.5. The molecule has 0 radical (unpaired) electrons. The van der Waals surface area contributed by atoms with Crippen LogP contribution in [-0.4, -0.2) is 19.8 Å². The first-order valence-electron chi connectivity index (χ1n) is 3.95. The summed E-state index contributed by atoms with van der Waals surface area (Å²) in [5.41, 5.74) is 0.710. The van der Waals surface area contributed by atoms with Crippen molar-refractivity contribution < 1.29 is 18.4 Å². The standard InChI is InChI=1S/C7H8F3N3O/c1-12-5-3-13(14)2-4(5)11-6(12)7(8,9)10/h14H,2-3H2,1H3. The van der Waals surface area contributed by atoms with Gasteiger partial charge in [0.25, 0.3) is 0 Å². The van der Waals surface area contributed by atoms with E-state index >= 15 is 0 Å². The van der Waals surface area contributed by atoms with Gasteiger partial charge in [-0.25, -0.2) is 4.98 Å². The fourth-order valence-electron chi connectivity index (χ4n) is 1.57. The fourth-order valence-corrected chi connectivity index (χ4v) is 1.57. The van der Waals surface area contributed by atoms with Crippen molar-refractivity contribution in [2.24, 2.45) is 7.05 Å². The first kappa shape index (κ1) is 9.47. The maximum absolute atomic E-state index is 12.3. The Morgan fingerprint density at radius 1 is 1.36 bits per heavy atom. The molecular weight excluding hydrogens is 199 g/mol. The number of hydroxylamine groups is 2. The van der Waals surface area contributed by atoms with Crippen molar-refractivity contribution in [3.63, 3.8) is 0 Å². The molecule has 0 saturated heterocycles. The van der Waals surface area contributed by atoms with E-state index in [0.717, 1.165) is 9.63 Å². The molecular formula is C7H8F3N3O. The third-order valence-electron chi connectivity index (χ3n) is 2.21. The number of imidazole rings is 1. The molecule has 0 spiro atoms. The minimum Gasteiger partial charge on any atom is -0.326 e. The molecule has 0 aromatic carbocycles. The predicted molar refractivity (Wildman–Crippen MR) is 39.2 cm³/mol. The van der Waals surface area contributed by atoms with Crippen LogP contribution in [0.2, 0.25) is 0 Å². The maximum Gasteiger partial charge on any atom is 0.449 e. The number of alkyl halides is 3. The molecule has 0 atom stereocenters. The van der Waals surface area contributed by atoms with Crippen LogP contribution in [0.25, 0.3) is 0 Å². The van der Waals surface area contributed by atoms with Crippen molar-refractivity contribution >= 4 is 0 Å². The Labute approximate surface area is 77.5 Å². The van der Waals surface area contributed by atoms with Gasteiger partial charge in [-0.2, -0.15) is 18.2 Å². The van der Waals surface area contributed by atoms with Gasteiger partial charge in [-0.1, -0.05) is 0 Å². The average Bonchev–Trinajstić information content (AvgIpc) is 2.49. The molecule has 1 N–H and O–H groups in total. The predicted octanol–water partition coefficient (Wildman–Crippen LogP) is 1.14. The smallest absolute Gasteiger partial charge is 0.326 e. The molecule has 2 heterocycles. The molecule has 0 aliphatic carbocycles. The molecule has 4 nitrogen and oxygen atoms in total. The summed E-state index contributed by atoms with van der Waals surface area (Å²) in [5, 5.41) is 9.98. The van der Waals surface area contributed by atoms with Crippen LogP contribution in [0, 0.1) is 0 Å². The summed E-state index contributed by atoms with van der Waals surface area (Å²) < 4.78 is 38.0. The maximum atomic E-state index is 12.3. The number of aromatic nitrogens is 2. The molecule has 14 heavy (non-hydrogen) atoms. The summed E-state index contributed by atoms with van der Waals surface area (Å²) in [7, 11) is 1.30. The van der Waals surface area contributed by atoms with E-state index in [0.29, 0.717) is 11.4 Å². The van der Waals surface area contributed by atoms with E-state index in [1.165, 1.54) is 7.05 Å². The van der Waals surface area contributed by atoms with E-state index in [1.807, 2.05) is 0 Å². The van der Waals surface area contributed by atoms with Gasteiger partial charge in [0.15, 0.2) is 0 Å². The highest BCUT2D eigenvalue weighted by Crippen LogP contribution is 2.32. The molecule has 2 rings (SSSR count). The average molecular weight is 207 g/mol. The molecule has 1 aliphatic rings. The fraction of sp³-hybridized carbons (Fsp3) is 0.571. The van der Waals surface area contributed by atoms with Crippen LogP contribution >= 0.6 is 0 Å². The summed E-state index contributed by atoms with van der Waals surface area (Å²) in [5.74, 6) is -0.907. The van der Waals surface area contributed by atoms with Crippen molar-refractivity contribution in [1.82, 2.24) is 14.6 Å². The minimum atomic E-state index is -4.43. The van der Waals surface area contributed by atoms with Crippen LogP contribution in [0.5, 0.6) is 0 Å². The number of hydrogen-bond donors (Lipinski definition) is 1. The van der Waals surface area contributed by atoms with E-state index < -0.39 is 12.0 Å². The lowest BCUT2D eigenvalue weighted by atomic mass is 10.4. The van der Waals surface area contributed by atoms with Gasteiger partial charge in [0.2, 0.25) is 5.82 Å². The Morgan fingerprint density at radius 3 is 2.50 bits per heavy atom. The van der Waals surface area contributed by atoms with Gasteiger partial charge in [-0.15, -0.1) is 0 Å². The first-order valence-corrected chi connectivity index (χ1v) is 3.95. The van der Waals surface area contributed by atoms with Gasteiger partial charge in [0, 0.05) is 7.05 Å². The third-order valence-corrected chi connectivity index (χ3v) is 2.21. The second-order valence-electron chi connectivity index (χ2n) is 3.21. The molecule has 1 aliphatic heterocycles. The van der Waals surface area contributed by atoms with Crippen LogP contribution in [0.1, 0.15) is 17.2 Å². The molecule has 0 unspecified atom stereocenters. The number of halogens is 3. The van der Waals surface area contributed by atoms with Crippen molar-refractivity contribution in [2.75, 3.05) is 0 Å². The van der Waals surface area contributed by atoms with Crippen LogP contribution in [0.15, 0.2) is 0 Å². The van der Waals surface area contributed by atoms with E-state index in [1.54, 1.807) is 0 Å². The Morgan fingerprint density at radius 2 is 2.00 bits per heavy atom. The molecule has 7 heteroatoms. The molecule has 0 amide bonds. The topological polar surface area (TPSA) is 41.3 Å². The van der Waals surface area contributed by atoms with Crippen molar-refractivity contribution in [3.8, 4) is 0 Å². The molecule has 1 aromatic heterocycles. The Bertz CT molecular complexity index is 371. The molecule has 0 saturated carbocycles. The van der Waals surface area contributed by atoms with Crippen LogP contribution < -0.4 is 0 Å². The highest BCUT2D eigenvalue weighted by molar-refractivity contribution is 5.21. The molecule has 0 bridgehead atoms. The normalized spacial score (nSPS) is 17.5. The second kappa shape index (κ2) is 2.71. The lowest BCUT2D eigenvalue weighted by molar-refractivity contribution is -0.148. The molecule has 78 valence electrons. The minimum absolute atomic E-state index is 0.0548. The highest BCUT2D eigenvalue weighted by Gasteiger charge is 2.39. The second-order valence-corrected chi connectivity index (χ2v) is 3.21. The summed E-state index contributed by atoms with van der Waals surface area (Å²) in [4.78, 5) is 3.45. The molecule has 1 aromatic rings. The van der Waals surface area contributed by atoms with Gasteiger partial charge in [-0.3, -0.25) is 0 Å². The van der Waals surface area contributed by atoms with E-state index in [2.05, 4.69) is 4.98 Å². The third kappa shape index (κ3) is 1.28. The number of nitrogens with zero attached hydrogens (tertiary/aromatic N) is 3. The zero-order valence-electron chi connectivity index (χ0n) is 7.34. The van der Waals surface area contributed by atoms with Crippen molar-refractivity contribution in [1.29, 1.82) is 0 Å². The Balaban J connectivity index is 2.45. The SMILES string of the molecule is Cn1c(C(F)(F)F)nc2c1CN(O)C2. The van der Waals surface area contributed by atoms with Gasteiger partial charge >= 0.3 is 6.18 Å². The lowest BCUT2D eigenvalue weighted by Gasteiger charge is -2.09. The van der Waals surface area contributed by atoms with Gasteiger partial charge < -0.3 is 9.77 Å². The van der Waals surface area contributed by atoms with Gasteiger partial charge in [0.1, 0.15) is 0 Å². The number of rotatable bonds is 0. The molecule has 0 fully saturated rings. The van der Waals surface area contributed by atoms with E-state index in [9.17, 15) is 13.2 Å². The largest absolute Gasteiger partial charge is 0.449 e. The van der Waals surface area contributed by atoms with Crippen LogP contribution in [0.3, 0.4) is 0 Å². The quantitative estimate of drug-likeness (QED) is 0.693. The summed E-state index contributed by atoms with van der Waals surface area (Å²) >= 11 is 0. The Kier molecular flexibility index (Phi) is 1.83. The van der Waals surface area contributed by atoms with Crippen LogP contribution in [0.4, 0.5) is 13.2 Å². The van der Waals surface area contributed by atoms with E-state index in [4.69, 9.17) is 5.21 Å². The van der Waals surface area contributed by atoms with Crippen LogP contribution in [-0.2, 0) is 26.3 Å². The number of fused-ring (bicyclic) bond motifs is 1. The van der Waals surface area contributed by atoms with Crippen molar-refractivity contribution in [3.05, 3.63) is 17.2 Å². The highest BCUT2D eigenvalue weighted by atomic mass is 19.4. The lowest BCUT2D eigenvalue weighted by Crippen LogP contribution is -2.17. The van der Waals surface area contributed by atoms with Gasteiger partial charge in [-0.05, 0) is 0 Å². The summed E-state index contributed by atoms with van der Waals surface area (Å²) in [6.07, 6.45) is -4.43. The first-order chi connectivity index (χ1) is 6.39. The summed E-state index contributed by atoms with van der Waals surface area (Å²) in [6.45, 7) is 0.147. The summed E-state index contributed by atoms with van der Waals surface area (Å²) in [6, 6.07) is 0. The monoisotopic (exact) mass is 207 g/mol. The Hall–Kier alpha value is -1.08. The number of hydrogen-bond acceptors (Lipinski definition) is 3. The van der Waals surface area contributed by atoms with E-state index in [-0.39, 0.29) is 13.1 Å². The van der Waals surface area contributed by atoms with Gasteiger partial charge in [0.05, 0.1) is 24.5 Å². The van der Waals surface area contributed by atoms with Crippen molar-refractivity contribution in [2.45, 2.75) is 19.3 Å². The zero-order valence-corrected chi connectivity index (χ0v) is 7.34.